The second-order valence-electron chi connectivity index (χ2n) is 3.82. The molecule has 0 fully saturated rings. The number of primary amides is 1. The molecule has 0 unspecified atom stereocenters. The van der Waals surface area contributed by atoms with E-state index in [2.05, 4.69) is 0 Å². The number of carbonyl (C=O) groups excluding carboxylic acids is 1. The summed E-state index contributed by atoms with van der Waals surface area (Å²) in [7, 11) is 0. The van der Waals surface area contributed by atoms with Gasteiger partial charge < -0.3 is 15.4 Å². The van der Waals surface area contributed by atoms with E-state index >= 15 is 0 Å². The minimum absolute atomic E-state index is 0.00284. The largest absolute Gasteiger partial charge is 0.477 e. The van der Waals surface area contributed by atoms with E-state index < -0.39 is 17.4 Å². The molecule has 0 spiro atoms. The minimum atomic E-state index is -1.26. The van der Waals surface area contributed by atoms with Crippen molar-refractivity contribution in [3.05, 3.63) is 33.2 Å². The maximum atomic E-state index is 11.9. The number of carbonyl (C=O) groups is 2. The Labute approximate surface area is 97.7 Å². The molecule has 0 atom stereocenters. The number of aromatic carboxylic acids is 1. The lowest BCUT2D eigenvalue weighted by molar-refractivity contribution is -0.118. The number of amides is 1. The van der Waals surface area contributed by atoms with Gasteiger partial charge in [-0.1, -0.05) is 0 Å². The standard InChI is InChI=1S/C11H14N2O4/c1-6-5-7(2)13(4-3-8(12)14)10(15)9(6)11(16)17/h5H,3-4H2,1-2H3,(H2,12,14)(H,16,17). The van der Waals surface area contributed by atoms with E-state index in [1.807, 2.05) is 0 Å². The highest BCUT2D eigenvalue weighted by Crippen LogP contribution is 2.06. The van der Waals surface area contributed by atoms with Crippen LogP contribution in [-0.2, 0) is 11.3 Å². The number of nitrogens with two attached hydrogens (primary N) is 1. The van der Waals surface area contributed by atoms with Crippen LogP contribution in [0.5, 0.6) is 0 Å². The highest BCUT2D eigenvalue weighted by molar-refractivity contribution is 5.88. The van der Waals surface area contributed by atoms with Crippen LogP contribution in [0.3, 0.4) is 0 Å². The van der Waals surface area contributed by atoms with Crippen molar-refractivity contribution in [1.29, 1.82) is 0 Å². The van der Waals surface area contributed by atoms with Crippen LogP contribution < -0.4 is 11.3 Å². The average molecular weight is 238 g/mol. The molecule has 3 N–H and O–H groups in total. The number of pyridine rings is 1. The molecule has 0 aliphatic rings. The molecule has 17 heavy (non-hydrogen) atoms. The molecule has 0 radical (unpaired) electrons. The Balaban J connectivity index is 3.31. The summed E-state index contributed by atoms with van der Waals surface area (Å²) < 4.78 is 1.25. The van der Waals surface area contributed by atoms with Crippen molar-refractivity contribution < 1.29 is 14.7 Å². The van der Waals surface area contributed by atoms with Crippen LogP contribution in [0.15, 0.2) is 10.9 Å². The van der Waals surface area contributed by atoms with Gasteiger partial charge in [-0.15, -0.1) is 0 Å². The maximum absolute atomic E-state index is 11.9. The van der Waals surface area contributed by atoms with Crippen LogP contribution in [0.4, 0.5) is 0 Å². The second-order valence-corrected chi connectivity index (χ2v) is 3.82. The number of carboxylic acid groups (broad SMARTS) is 1. The Kier molecular flexibility index (Phi) is 3.67. The fourth-order valence-corrected chi connectivity index (χ4v) is 1.69. The fourth-order valence-electron chi connectivity index (χ4n) is 1.69. The lowest BCUT2D eigenvalue weighted by Gasteiger charge is -2.11. The van der Waals surface area contributed by atoms with Gasteiger partial charge in [0.2, 0.25) is 5.91 Å². The monoisotopic (exact) mass is 238 g/mol. The molecule has 6 heteroatoms. The predicted molar refractivity (Wildman–Crippen MR) is 60.9 cm³/mol. The van der Waals surface area contributed by atoms with Gasteiger partial charge in [0.15, 0.2) is 0 Å². The maximum Gasteiger partial charge on any atom is 0.341 e. The number of aromatic nitrogens is 1. The first kappa shape index (κ1) is 13.0. The smallest absolute Gasteiger partial charge is 0.341 e. The van der Waals surface area contributed by atoms with Crippen molar-refractivity contribution in [2.45, 2.75) is 26.8 Å². The van der Waals surface area contributed by atoms with Crippen molar-refractivity contribution >= 4 is 11.9 Å². The van der Waals surface area contributed by atoms with Crippen molar-refractivity contribution in [1.82, 2.24) is 4.57 Å². The van der Waals surface area contributed by atoms with Crippen LogP contribution in [0.1, 0.15) is 28.0 Å². The Hall–Kier alpha value is -2.11. The molecular weight excluding hydrogens is 224 g/mol. The van der Waals surface area contributed by atoms with Crippen LogP contribution in [-0.4, -0.2) is 21.6 Å². The van der Waals surface area contributed by atoms with E-state index in [-0.39, 0.29) is 18.5 Å². The Morgan fingerprint density at radius 1 is 1.41 bits per heavy atom. The Morgan fingerprint density at radius 3 is 2.47 bits per heavy atom. The molecule has 0 aliphatic carbocycles. The topological polar surface area (TPSA) is 102 Å². The molecule has 0 bridgehead atoms. The normalized spacial score (nSPS) is 10.2. The zero-order valence-electron chi connectivity index (χ0n) is 9.69. The van der Waals surface area contributed by atoms with Gasteiger partial charge in [0.05, 0.1) is 0 Å². The summed E-state index contributed by atoms with van der Waals surface area (Å²) in [6, 6.07) is 1.60. The molecule has 6 nitrogen and oxygen atoms in total. The van der Waals surface area contributed by atoms with Crippen LogP contribution in [0.25, 0.3) is 0 Å². The third-order valence-electron chi connectivity index (χ3n) is 2.50. The Morgan fingerprint density at radius 2 is 2.00 bits per heavy atom. The summed E-state index contributed by atoms with van der Waals surface area (Å²) in [6.45, 7) is 3.35. The number of carboxylic acids is 1. The number of aryl methyl sites for hydroxylation is 2. The predicted octanol–water partition coefficient (Wildman–Crippen LogP) is 0.0387. The Bertz CT molecular complexity index is 531. The van der Waals surface area contributed by atoms with E-state index in [4.69, 9.17) is 10.8 Å². The zero-order valence-corrected chi connectivity index (χ0v) is 9.69. The summed E-state index contributed by atoms with van der Waals surface area (Å²) in [5.74, 6) is -1.80. The van der Waals surface area contributed by atoms with E-state index in [1.54, 1.807) is 19.9 Å². The first-order chi connectivity index (χ1) is 7.84. The number of rotatable bonds is 4. The molecule has 1 amide bonds. The molecule has 0 aromatic carbocycles. The first-order valence-electron chi connectivity index (χ1n) is 5.07. The fraction of sp³-hybridized carbons (Fsp3) is 0.364. The molecule has 1 aromatic heterocycles. The third kappa shape index (κ3) is 2.72. The number of nitrogens with zero attached hydrogens (tertiary/aromatic N) is 1. The third-order valence-corrected chi connectivity index (χ3v) is 2.50. The van der Waals surface area contributed by atoms with Gasteiger partial charge >= 0.3 is 5.97 Å². The zero-order chi connectivity index (χ0) is 13.2. The van der Waals surface area contributed by atoms with Crippen molar-refractivity contribution in [2.24, 2.45) is 5.73 Å². The molecule has 0 saturated carbocycles. The van der Waals surface area contributed by atoms with Gasteiger partial charge in [-0.2, -0.15) is 0 Å². The molecule has 1 heterocycles. The second kappa shape index (κ2) is 4.82. The highest BCUT2D eigenvalue weighted by atomic mass is 16.4. The van der Waals surface area contributed by atoms with Gasteiger partial charge in [0, 0.05) is 18.7 Å². The summed E-state index contributed by atoms with van der Waals surface area (Å²) in [5.41, 5.74) is 5.16. The lowest BCUT2D eigenvalue weighted by Crippen LogP contribution is -2.30. The van der Waals surface area contributed by atoms with E-state index in [1.165, 1.54) is 4.57 Å². The molecular formula is C11H14N2O4. The first-order valence-corrected chi connectivity index (χ1v) is 5.07. The SMILES string of the molecule is Cc1cc(C)n(CCC(N)=O)c(=O)c1C(=O)O. The van der Waals surface area contributed by atoms with E-state index in [0.717, 1.165) is 0 Å². The van der Waals surface area contributed by atoms with E-state index in [9.17, 15) is 14.4 Å². The number of hydrogen-bond donors (Lipinski definition) is 2. The summed E-state index contributed by atoms with van der Waals surface area (Å²) in [4.78, 5) is 33.5. The van der Waals surface area contributed by atoms with Crippen molar-refractivity contribution in [2.75, 3.05) is 0 Å². The van der Waals surface area contributed by atoms with Crippen molar-refractivity contribution in [3.63, 3.8) is 0 Å². The minimum Gasteiger partial charge on any atom is -0.477 e. The van der Waals surface area contributed by atoms with Gasteiger partial charge in [0.1, 0.15) is 5.56 Å². The lowest BCUT2D eigenvalue weighted by atomic mass is 10.1. The van der Waals surface area contributed by atoms with Crippen LogP contribution in [0, 0.1) is 13.8 Å². The molecule has 1 aromatic rings. The van der Waals surface area contributed by atoms with Crippen molar-refractivity contribution in [3.8, 4) is 0 Å². The van der Waals surface area contributed by atoms with Crippen LogP contribution in [0.2, 0.25) is 0 Å². The molecule has 92 valence electrons. The molecule has 0 aliphatic heterocycles. The average Bonchev–Trinajstić information content (AvgIpc) is 2.14. The van der Waals surface area contributed by atoms with Gasteiger partial charge in [0.25, 0.3) is 5.56 Å². The van der Waals surface area contributed by atoms with Gasteiger partial charge in [-0.05, 0) is 25.5 Å². The van der Waals surface area contributed by atoms with Gasteiger partial charge in [-0.3, -0.25) is 9.59 Å². The molecule has 0 saturated heterocycles. The quantitative estimate of drug-likeness (QED) is 0.772. The van der Waals surface area contributed by atoms with Crippen LogP contribution >= 0.6 is 0 Å². The van der Waals surface area contributed by atoms with Gasteiger partial charge in [-0.25, -0.2) is 4.79 Å². The molecule has 1 rings (SSSR count). The summed E-state index contributed by atoms with van der Waals surface area (Å²) in [6.07, 6.45) is 0.00284. The summed E-state index contributed by atoms with van der Waals surface area (Å²) >= 11 is 0. The number of hydrogen-bond acceptors (Lipinski definition) is 3. The summed E-state index contributed by atoms with van der Waals surface area (Å²) in [5, 5.41) is 8.93. The van der Waals surface area contributed by atoms with E-state index in [0.29, 0.717) is 11.3 Å². The highest BCUT2D eigenvalue weighted by Gasteiger charge is 2.16.